The lowest BCUT2D eigenvalue weighted by molar-refractivity contribution is 0.102. The summed E-state index contributed by atoms with van der Waals surface area (Å²) in [5.74, 6) is 0.104. The highest BCUT2D eigenvalue weighted by Gasteiger charge is 2.32. The van der Waals surface area contributed by atoms with E-state index in [1.165, 1.54) is 0 Å². The number of hydrogen-bond acceptors (Lipinski definition) is 5. The molecule has 27 heavy (non-hydrogen) atoms. The van der Waals surface area contributed by atoms with Crippen LogP contribution in [0.1, 0.15) is 48.4 Å². The lowest BCUT2D eigenvalue weighted by atomic mass is 10.1. The smallest absolute Gasteiger partial charge is 0.276 e. The van der Waals surface area contributed by atoms with E-state index in [1.807, 2.05) is 57.1 Å². The van der Waals surface area contributed by atoms with Crippen molar-refractivity contribution in [2.24, 2.45) is 0 Å². The maximum absolute atomic E-state index is 12.6. The van der Waals surface area contributed by atoms with Crippen LogP contribution in [0.4, 0.5) is 11.4 Å². The standard InChI is InChI=1S/C19H26N4O3S/c1-13(2)18-11-17(21-23(18)16-9-10-27(25,26)12-16)19(24)20-14-5-7-15(8-6-14)22(3)4/h5-8,11,13,16H,9-10,12H2,1-4H3,(H,20,24)/t16-/m1/s1. The van der Waals surface area contributed by atoms with Gasteiger partial charge in [-0.05, 0) is 42.7 Å². The van der Waals surface area contributed by atoms with Gasteiger partial charge in [-0.3, -0.25) is 9.48 Å². The largest absolute Gasteiger partial charge is 0.378 e. The molecule has 0 spiro atoms. The number of aromatic nitrogens is 2. The van der Waals surface area contributed by atoms with E-state index < -0.39 is 9.84 Å². The molecule has 2 aromatic rings. The van der Waals surface area contributed by atoms with E-state index in [2.05, 4.69) is 10.4 Å². The zero-order chi connectivity index (χ0) is 19.8. The van der Waals surface area contributed by atoms with Gasteiger partial charge < -0.3 is 10.2 Å². The number of sulfone groups is 1. The zero-order valence-electron chi connectivity index (χ0n) is 16.1. The minimum atomic E-state index is -3.02. The van der Waals surface area contributed by atoms with Crippen LogP contribution in [-0.4, -0.2) is 49.7 Å². The van der Waals surface area contributed by atoms with Gasteiger partial charge in [-0.1, -0.05) is 13.8 Å². The molecule has 3 rings (SSSR count). The highest BCUT2D eigenvalue weighted by Crippen LogP contribution is 2.28. The SMILES string of the molecule is CC(C)c1cc(C(=O)Nc2ccc(N(C)C)cc2)nn1[C@@H]1CCS(=O)(=O)C1. The minimum absolute atomic E-state index is 0.0848. The monoisotopic (exact) mass is 390 g/mol. The molecule has 2 heterocycles. The molecule has 1 N–H and O–H groups in total. The maximum Gasteiger partial charge on any atom is 0.276 e. The molecule has 0 bridgehead atoms. The second kappa shape index (κ2) is 7.34. The van der Waals surface area contributed by atoms with Gasteiger partial charge in [-0.15, -0.1) is 0 Å². The first-order valence-corrected chi connectivity index (χ1v) is 10.9. The van der Waals surface area contributed by atoms with Gasteiger partial charge in [0.25, 0.3) is 5.91 Å². The van der Waals surface area contributed by atoms with Gasteiger partial charge in [0.05, 0.1) is 17.5 Å². The van der Waals surface area contributed by atoms with Gasteiger partial charge in [-0.25, -0.2) is 8.42 Å². The molecule has 1 aliphatic rings. The third-order valence-corrected chi connectivity index (χ3v) is 6.53. The molecule has 0 aliphatic carbocycles. The van der Waals surface area contributed by atoms with Gasteiger partial charge in [0.1, 0.15) is 0 Å². The summed E-state index contributed by atoms with van der Waals surface area (Å²) in [6.45, 7) is 4.03. The highest BCUT2D eigenvalue weighted by atomic mass is 32.2. The Hall–Kier alpha value is -2.35. The zero-order valence-corrected chi connectivity index (χ0v) is 17.0. The Balaban J connectivity index is 1.81. The van der Waals surface area contributed by atoms with Crippen molar-refractivity contribution >= 4 is 27.1 Å². The van der Waals surface area contributed by atoms with Gasteiger partial charge in [0.15, 0.2) is 15.5 Å². The van der Waals surface area contributed by atoms with Crippen LogP contribution in [0, 0.1) is 0 Å². The lowest BCUT2D eigenvalue weighted by Gasteiger charge is -2.15. The second-order valence-electron chi connectivity index (χ2n) is 7.51. The molecule has 0 unspecified atom stereocenters. The first-order valence-electron chi connectivity index (χ1n) is 9.05. The van der Waals surface area contributed by atoms with Crippen molar-refractivity contribution in [2.75, 3.05) is 35.8 Å². The maximum atomic E-state index is 12.6. The Morgan fingerprint density at radius 1 is 1.26 bits per heavy atom. The summed E-state index contributed by atoms with van der Waals surface area (Å²) in [7, 11) is 0.888. The Labute approximate surface area is 160 Å². The van der Waals surface area contributed by atoms with Crippen LogP contribution in [0.2, 0.25) is 0 Å². The molecule has 1 aromatic carbocycles. The summed E-state index contributed by atoms with van der Waals surface area (Å²) < 4.78 is 25.4. The van der Waals surface area contributed by atoms with E-state index in [9.17, 15) is 13.2 Å². The number of amides is 1. The second-order valence-corrected chi connectivity index (χ2v) is 9.73. The molecule has 8 heteroatoms. The minimum Gasteiger partial charge on any atom is -0.378 e. The van der Waals surface area contributed by atoms with E-state index in [0.29, 0.717) is 17.8 Å². The number of benzene rings is 1. The van der Waals surface area contributed by atoms with Gasteiger partial charge in [-0.2, -0.15) is 5.10 Å². The fourth-order valence-electron chi connectivity index (χ4n) is 3.25. The molecule has 146 valence electrons. The molecule has 1 amide bonds. The summed E-state index contributed by atoms with van der Waals surface area (Å²) in [6.07, 6.45) is 0.538. The van der Waals surface area contributed by atoms with Crippen molar-refractivity contribution in [2.45, 2.75) is 32.2 Å². The first kappa shape index (κ1) is 19.4. The van der Waals surface area contributed by atoms with Gasteiger partial charge in [0.2, 0.25) is 0 Å². The van der Waals surface area contributed by atoms with Crippen molar-refractivity contribution in [3.63, 3.8) is 0 Å². The molecule has 7 nitrogen and oxygen atoms in total. The summed E-state index contributed by atoms with van der Waals surface area (Å²) >= 11 is 0. The van der Waals surface area contributed by atoms with Gasteiger partial charge in [0, 0.05) is 31.2 Å². The first-order chi connectivity index (χ1) is 12.7. The van der Waals surface area contributed by atoms with Crippen molar-refractivity contribution in [1.29, 1.82) is 0 Å². The molecule has 1 aromatic heterocycles. The van der Waals surface area contributed by atoms with Crippen LogP contribution in [0.3, 0.4) is 0 Å². The summed E-state index contributed by atoms with van der Waals surface area (Å²) in [4.78, 5) is 14.6. The fourth-order valence-corrected chi connectivity index (χ4v) is 4.94. The van der Waals surface area contributed by atoms with E-state index >= 15 is 0 Å². The Bertz CT molecular complexity index is 930. The Morgan fingerprint density at radius 2 is 1.93 bits per heavy atom. The molecule has 1 fully saturated rings. The van der Waals surface area contributed by atoms with Crippen molar-refractivity contribution in [3.05, 3.63) is 41.7 Å². The van der Waals surface area contributed by atoms with E-state index in [-0.39, 0.29) is 29.4 Å². The van der Waals surface area contributed by atoms with Crippen molar-refractivity contribution < 1.29 is 13.2 Å². The molecular formula is C19H26N4O3S. The van der Waals surface area contributed by atoms with E-state index in [1.54, 1.807) is 10.7 Å². The number of nitrogens with one attached hydrogen (secondary N) is 1. The number of hydrogen-bond donors (Lipinski definition) is 1. The summed E-state index contributed by atoms with van der Waals surface area (Å²) in [5, 5.41) is 7.31. The third kappa shape index (κ3) is 4.32. The summed E-state index contributed by atoms with van der Waals surface area (Å²) in [5.41, 5.74) is 2.92. The number of nitrogens with zero attached hydrogens (tertiary/aromatic N) is 3. The number of carbonyl (C=O) groups is 1. The Morgan fingerprint density at radius 3 is 2.44 bits per heavy atom. The predicted octanol–water partition coefficient (Wildman–Crippen LogP) is 2.68. The number of carbonyl (C=O) groups excluding carboxylic acids is 1. The quantitative estimate of drug-likeness (QED) is 0.848. The lowest BCUT2D eigenvalue weighted by Crippen LogP contribution is -2.17. The third-order valence-electron chi connectivity index (χ3n) is 4.78. The number of rotatable bonds is 5. The normalized spacial score (nSPS) is 18.6. The number of anilines is 2. The highest BCUT2D eigenvalue weighted by molar-refractivity contribution is 7.91. The average Bonchev–Trinajstić information content (AvgIpc) is 3.18. The molecular weight excluding hydrogens is 364 g/mol. The van der Waals surface area contributed by atoms with Crippen LogP contribution < -0.4 is 10.2 Å². The van der Waals surface area contributed by atoms with Crippen LogP contribution in [0.15, 0.2) is 30.3 Å². The van der Waals surface area contributed by atoms with Crippen LogP contribution in [0.25, 0.3) is 0 Å². The predicted molar refractivity (Wildman–Crippen MR) is 107 cm³/mol. The van der Waals surface area contributed by atoms with Crippen LogP contribution in [-0.2, 0) is 9.84 Å². The fraction of sp³-hybridized carbons (Fsp3) is 0.474. The summed E-state index contributed by atoms with van der Waals surface area (Å²) in [6, 6.07) is 9.11. The Kier molecular flexibility index (Phi) is 5.28. The molecule has 1 atom stereocenters. The van der Waals surface area contributed by atoms with Crippen LogP contribution in [0.5, 0.6) is 0 Å². The molecule has 0 saturated carbocycles. The molecule has 1 aliphatic heterocycles. The average molecular weight is 391 g/mol. The van der Waals surface area contributed by atoms with Gasteiger partial charge >= 0.3 is 0 Å². The van der Waals surface area contributed by atoms with E-state index in [4.69, 9.17) is 0 Å². The van der Waals surface area contributed by atoms with Crippen LogP contribution >= 0.6 is 0 Å². The molecule has 1 saturated heterocycles. The van der Waals surface area contributed by atoms with Crippen molar-refractivity contribution in [3.8, 4) is 0 Å². The topological polar surface area (TPSA) is 84.3 Å². The molecule has 0 radical (unpaired) electrons. The van der Waals surface area contributed by atoms with Crippen molar-refractivity contribution in [1.82, 2.24) is 9.78 Å². The van der Waals surface area contributed by atoms with E-state index in [0.717, 1.165) is 11.4 Å².